The topological polar surface area (TPSA) is 43.6 Å². The Balaban J connectivity index is 1.04. The number of aromatic nitrogens is 4. The van der Waals surface area contributed by atoms with E-state index in [2.05, 4.69) is 208 Å². The number of hydrogen-bond acceptors (Lipinski definition) is 3. The summed E-state index contributed by atoms with van der Waals surface area (Å²) in [6, 6.07) is 70.3. The lowest BCUT2D eigenvalue weighted by molar-refractivity contribution is 0.332. The largest absolute Gasteiger partial charge is 0.309 e. The van der Waals surface area contributed by atoms with E-state index < -0.39 is 5.41 Å². The van der Waals surface area contributed by atoms with E-state index in [0.717, 1.165) is 27.9 Å². The van der Waals surface area contributed by atoms with Crippen molar-refractivity contribution in [3.8, 4) is 51.0 Å². The minimum absolute atomic E-state index is 0.0998. The molecule has 0 radical (unpaired) electrons. The number of benzene rings is 8. The molecule has 0 N–H and O–H groups in total. The van der Waals surface area contributed by atoms with Crippen LogP contribution in [0.3, 0.4) is 0 Å². The maximum atomic E-state index is 5.38. The van der Waals surface area contributed by atoms with Crippen molar-refractivity contribution < 1.29 is 0 Å². The average Bonchev–Trinajstić information content (AvgIpc) is 3.84. The van der Waals surface area contributed by atoms with Gasteiger partial charge in [-0.1, -0.05) is 179 Å². The summed E-state index contributed by atoms with van der Waals surface area (Å²) >= 11 is 0. The van der Waals surface area contributed by atoms with E-state index >= 15 is 0 Å². The number of hydrogen-bond donors (Lipinski definition) is 0. The van der Waals surface area contributed by atoms with Gasteiger partial charge in [0.2, 0.25) is 0 Å². The van der Waals surface area contributed by atoms with Crippen molar-refractivity contribution in [1.82, 2.24) is 19.5 Å². The van der Waals surface area contributed by atoms with E-state index in [1.807, 2.05) is 18.2 Å². The van der Waals surface area contributed by atoms with Crippen molar-refractivity contribution in [3.63, 3.8) is 0 Å². The van der Waals surface area contributed by atoms with E-state index in [4.69, 9.17) is 15.0 Å². The number of nitrogens with zero attached hydrogens (tertiary/aromatic N) is 4. The van der Waals surface area contributed by atoms with Gasteiger partial charge < -0.3 is 4.57 Å². The fourth-order valence-corrected chi connectivity index (χ4v) is 11.1. The summed E-state index contributed by atoms with van der Waals surface area (Å²) in [5.41, 5.74) is 16.3. The van der Waals surface area contributed by atoms with E-state index in [1.54, 1.807) is 0 Å². The highest BCUT2D eigenvalue weighted by molar-refractivity contribution is 6.10. The molecule has 0 aliphatic heterocycles. The molecule has 308 valence electrons. The van der Waals surface area contributed by atoms with Crippen molar-refractivity contribution in [1.29, 1.82) is 0 Å². The second-order valence-electron chi connectivity index (χ2n) is 19.0. The lowest BCUT2D eigenvalue weighted by atomic mass is 9.63. The Morgan fingerprint density at radius 2 is 0.906 bits per heavy atom. The number of para-hydroxylation sites is 1. The zero-order valence-corrected chi connectivity index (χ0v) is 36.7. The maximum Gasteiger partial charge on any atom is 0.164 e. The van der Waals surface area contributed by atoms with Gasteiger partial charge in [0.25, 0.3) is 0 Å². The first-order valence-electron chi connectivity index (χ1n) is 22.6. The van der Waals surface area contributed by atoms with Crippen LogP contribution in [0.4, 0.5) is 0 Å². The van der Waals surface area contributed by atoms with Gasteiger partial charge in [0, 0.05) is 33.2 Å². The molecule has 0 spiro atoms. The molecule has 4 nitrogen and oxygen atoms in total. The first kappa shape index (κ1) is 38.3. The smallest absolute Gasteiger partial charge is 0.164 e. The summed E-state index contributed by atoms with van der Waals surface area (Å²) in [6.45, 7) is 9.64. The molecule has 10 aromatic rings. The lowest BCUT2D eigenvalue weighted by Crippen LogP contribution is -2.33. The predicted octanol–water partition coefficient (Wildman–Crippen LogP) is 14.7. The van der Waals surface area contributed by atoms with Crippen molar-refractivity contribution in [2.24, 2.45) is 0 Å². The van der Waals surface area contributed by atoms with E-state index in [0.29, 0.717) is 17.5 Å². The van der Waals surface area contributed by atoms with Crippen LogP contribution < -0.4 is 0 Å². The van der Waals surface area contributed by atoms with E-state index in [9.17, 15) is 0 Å². The Labute approximate surface area is 375 Å². The van der Waals surface area contributed by atoms with E-state index in [-0.39, 0.29) is 10.8 Å². The highest BCUT2D eigenvalue weighted by atomic mass is 15.0. The van der Waals surface area contributed by atoms with Gasteiger partial charge in [-0.3, -0.25) is 0 Å². The van der Waals surface area contributed by atoms with Gasteiger partial charge in [0.1, 0.15) is 0 Å². The minimum Gasteiger partial charge on any atom is -0.309 e. The third kappa shape index (κ3) is 5.71. The minimum atomic E-state index is -0.531. The summed E-state index contributed by atoms with van der Waals surface area (Å²) in [6.07, 6.45) is 2.36. The first-order valence-corrected chi connectivity index (χ1v) is 22.6. The summed E-state index contributed by atoms with van der Waals surface area (Å²) in [4.78, 5) is 15.9. The van der Waals surface area contributed by atoms with Gasteiger partial charge in [-0.25, -0.2) is 15.0 Å². The predicted molar refractivity (Wildman–Crippen MR) is 263 cm³/mol. The van der Waals surface area contributed by atoms with Crippen LogP contribution in [-0.2, 0) is 16.2 Å². The molecule has 0 amide bonds. The van der Waals surface area contributed by atoms with Gasteiger partial charge in [0.05, 0.1) is 16.4 Å². The quantitative estimate of drug-likeness (QED) is 0.168. The molecule has 2 heterocycles. The van der Waals surface area contributed by atoms with Crippen LogP contribution in [0.1, 0.15) is 73.9 Å². The molecule has 8 aromatic carbocycles. The Morgan fingerprint density at radius 1 is 0.391 bits per heavy atom. The van der Waals surface area contributed by atoms with Gasteiger partial charge in [-0.15, -0.1) is 0 Å². The molecule has 0 saturated carbocycles. The molecule has 4 heteroatoms. The van der Waals surface area contributed by atoms with Gasteiger partial charge >= 0.3 is 0 Å². The molecule has 64 heavy (non-hydrogen) atoms. The second-order valence-corrected chi connectivity index (χ2v) is 19.0. The highest BCUT2D eigenvalue weighted by Crippen LogP contribution is 2.58. The van der Waals surface area contributed by atoms with Gasteiger partial charge in [0.15, 0.2) is 17.5 Å². The molecule has 2 aliphatic carbocycles. The van der Waals surface area contributed by atoms with E-state index in [1.165, 1.54) is 73.6 Å². The number of fused-ring (bicyclic) bond motifs is 7. The van der Waals surface area contributed by atoms with Crippen LogP contribution >= 0.6 is 0 Å². The molecule has 2 aromatic heterocycles. The average molecular weight is 825 g/mol. The molecule has 0 bridgehead atoms. The molecule has 0 fully saturated rings. The standard InChI is InChI=1S/C60H48N4/c1-58(2)35-36-59(3,4)51-38-53-47(37-50(51)58)44-25-15-17-30-52(44)64(53)43-33-31-40(32-34-43)56-61-55(39-19-8-5-9-20-39)62-57(63-56)46-27-18-29-49-54(46)45-26-14-16-28-48(45)60(49,41-21-10-6-11-22-41)42-23-12-7-13-24-42/h5-34,37-38H,35-36H2,1-4H3. The van der Waals surface area contributed by atoms with Crippen molar-refractivity contribution >= 4 is 21.8 Å². The molecule has 0 unspecified atom stereocenters. The Morgan fingerprint density at radius 3 is 1.58 bits per heavy atom. The molecular weight excluding hydrogens is 777 g/mol. The molecule has 2 aliphatic rings. The Bertz CT molecular complexity index is 3380. The van der Waals surface area contributed by atoms with Crippen LogP contribution in [-0.4, -0.2) is 19.5 Å². The summed E-state index contributed by atoms with van der Waals surface area (Å²) in [5.74, 6) is 1.93. The van der Waals surface area contributed by atoms with Gasteiger partial charge in [-0.05, 0) is 111 Å². The maximum absolute atomic E-state index is 5.38. The van der Waals surface area contributed by atoms with Gasteiger partial charge in [-0.2, -0.15) is 0 Å². The fourth-order valence-electron chi connectivity index (χ4n) is 11.1. The molecular formula is C60H48N4. The van der Waals surface area contributed by atoms with Crippen molar-refractivity contribution in [2.75, 3.05) is 0 Å². The second kappa shape index (κ2) is 14.3. The molecule has 0 saturated heterocycles. The molecule has 0 atom stereocenters. The Kier molecular flexibility index (Phi) is 8.55. The summed E-state index contributed by atoms with van der Waals surface area (Å²) in [7, 11) is 0. The fraction of sp³-hybridized carbons (Fsp3) is 0.150. The van der Waals surface area contributed by atoms with Crippen LogP contribution in [0, 0.1) is 0 Å². The lowest BCUT2D eigenvalue weighted by Gasteiger charge is -2.42. The third-order valence-corrected chi connectivity index (χ3v) is 14.4. The SMILES string of the molecule is CC1(C)CCC(C)(C)c2cc3c(cc21)c1ccccc1n3-c1ccc(-c2nc(-c3ccccc3)nc(-c3cccc4c3-c3ccccc3C4(c3ccccc3)c3ccccc3)n2)cc1. The van der Waals surface area contributed by atoms with Crippen molar-refractivity contribution in [2.45, 2.75) is 56.8 Å². The van der Waals surface area contributed by atoms with Crippen LogP contribution in [0.25, 0.3) is 72.8 Å². The Hall–Kier alpha value is -7.43. The third-order valence-electron chi connectivity index (χ3n) is 14.4. The van der Waals surface area contributed by atoms with Crippen LogP contribution in [0.2, 0.25) is 0 Å². The first-order chi connectivity index (χ1) is 31.2. The zero-order chi connectivity index (χ0) is 43.2. The van der Waals surface area contributed by atoms with Crippen LogP contribution in [0.15, 0.2) is 194 Å². The number of rotatable bonds is 6. The molecule has 12 rings (SSSR count). The summed E-state index contributed by atoms with van der Waals surface area (Å²) in [5, 5.41) is 2.58. The monoisotopic (exact) mass is 824 g/mol. The van der Waals surface area contributed by atoms with Crippen LogP contribution in [0.5, 0.6) is 0 Å². The summed E-state index contributed by atoms with van der Waals surface area (Å²) < 4.78 is 2.44. The normalized spacial score (nSPS) is 15.4. The highest BCUT2D eigenvalue weighted by Gasteiger charge is 2.47. The zero-order valence-electron chi connectivity index (χ0n) is 36.7. The van der Waals surface area contributed by atoms with Crippen molar-refractivity contribution in [3.05, 3.63) is 228 Å².